The number of aromatic nitrogens is 4. The second-order valence-corrected chi connectivity index (χ2v) is 4.74. The molecule has 1 heterocycles. The molecule has 1 amide bonds. The molecule has 0 aliphatic heterocycles. The molecule has 0 saturated heterocycles. The van der Waals surface area contributed by atoms with Crippen molar-refractivity contribution in [2.45, 2.75) is 6.54 Å². The van der Waals surface area contributed by atoms with Crippen LogP contribution in [0.5, 0.6) is 0 Å². The van der Waals surface area contributed by atoms with Gasteiger partial charge in [0.2, 0.25) is 0 Å². The van der Waals surface area contributed by atoms with Crippen LogP contribution in [0, 0.1) is 0 Å². The number of tetrazole rings is 1. The molecule has 0 spiro atoms. The van der Waals surface area contributed by atoms with Crippen molar-refractivity contribution in [3.63, 3.8) is 0 Å². The Kier molecular flexibility index (Phi) is 4.23. The molecule has 2 aromatic carbocycles. The maximum absolute atomic E-state index is 11.9. The Morgan fingerprint density at radius 3 is 2.78 bits per heavy atom. The highest BCUT2D eigenvalue weighted by molar-refractivity contribution is 6.02. The van der Waals surface area contributed by atoms with Crippen LogP contribution in [0.1, 0.15) is 0 Å². The van der Waals surface area contributed by atoms with Crippen LogP contribution in [0.4, 0.5) is 5.69 Å². The summed E-state index contributed by atoms with van der Waals surface area (Å²) < 4.78 is 6.11. The molecule has 1 aromatic heterocycles. The zero-order chi connectivity index (χ0) is 16.1. The molecule has 0 saturated carbocycles. The maximum atomic E-state index is 11.9. The van der Waals surface area contributed by atoms with Gasteiger partial charge in [0.1, 0.15) is 12.9 Å². The first-order chi connectivity index (χ1) is 11.2. The Bertz CT molecular complexity index is 827. The molecule has 8 heteroatoms. The molecule has 3 rings (SSSR count). The molecule has 1 N–H and O–H groups in total. The number of rotatable bonds is 5. The lowest BCUT2D eigenvalue weighted by Crippen LogP contribution is -2.23. The number of carbonyl (C=O) groups is 2. The summed E-state index contributed by atoms with van der Waals surface area (Å²) in [6.45, 7) is -0.515. The van der Waals surface area contributed by atoms with Gasteiger partial charge < -0.3 is 10.1 Å². The molecule has 0 unspecified atom stereocenters. The zero-order valence-corrected chi connectivity index (χ0v) is 12.0. The number of esters is 1. The summed E-state index contributed by atoms with van der Waals surface area (Å²) in [4.78, 5) is 23.5. The number of amides is 1. The van der Waals surface area contributed by atoms with E-state index in [4.69, 9.17) is 4.74 Å². The molecule has 0 aliphatic rings. The molecule has 0 atom stereocenters. The van der Waals surface area contributed by atoms with Gasteiger partial charge in [0.25, 0.3) is 5.91 Å². The molecule has 0 fully saturated rings. The summed E-state index contributed by atoms with van der Waals surface area (Å²) in [5.41, 5.74) is 0.671. The lowest BCUT2D eigenvalue weighted by Gasteiger charge is -2.09. The Balaban J connectivity index is 1.57. The maximum Gasteiger partial charge on any atom is 0.328 e. The second-order valence-electron chi connectivity index (χ2n) is 4.74. The van der Waals surface area contributed by atoms with Crippen molar-refractivity contribution in [2.75, 3.05) is 11.9 Å². The standard InChI is InChI=1S/C15H13N5O3/c21-14(9-23-15(22)8-20-10-16-18-19-20)17-13-7-3-5-11-4-1-2-6-12(11)13/h1-7,10H,8-9H2,(H,17,21). The van der Waals surface area contributed by atoms with E-state index in [1.54, 1.807) is 6.07 Å². The molecule has 0 radical (unpaired) electrons. The first kappa shape index (κ1) is 14.6. The van der Waals surface area contributed by atoms with Crippen molar-refractivity contribution < 1.29 is 14.3 Å². The molecular weight excluding hydrogens is 298 g/mol. The number of nitrogens with zero attached hydrogens (tertiary/aromatic N) is 4. The van der Waals surface area contributed by atoms with Crippen molar-refractivity contribution in [3.8, 4) is 0 Å². The lowest BCUT2D eigenvalue weighted by atomic mass is 10.1. The first-order valence-corrected chi connectivity index (χ1v) is 6.86. The van der Waals surface area contributed by atoms with E-state index < -0.39 is 11.9 Å². The minimum Gasteiger partial charge on any atom is -0.454 e. The van der Waals surface area contributed by atoms with Gasteiger partial charge in [-0.15, -0.1) is 5.10 Å². The summed E-state index contributed by atoms with van der Waals surface area (Å²) in [6.07, 6.45) is 1.29. The summed E-state index contributed by atoms with van der Waals surface area (Å²) in [5, 5.41) is 15.0. The van der Waals surface area contributed by atoms with Crippen molar-refractivity contribution in [1.29, 1.82) is 0 Å². The fourth-order valence-corrected chi connectivity index (χ4v) is 2.10. The van der Waals surface area contributed by atoms with Gasteiger partial charge in [-0.3, -0.25) is 9.59 Å². The Labute approximate surface area is 131 Å². The lowest BCUT2D eigenvalue weighted by molar-refractivity contribution is -0.148. The van der Waals surface area contributed by atoms with Crippen LogP contribution >= 0.6 is 0 Å². The highest BCUT2D eigenvalue weighted by Gasteiger charge is 2.10. The van der Waals surface area contributed by atoms with Gasteiger partial charge in [-0.25, -0.2) is 4.68 Å². The number of ether oxygens (including phenoxy) is 1. The highest BCUT2D eigenvalue weighted by Crippen LogP contribution is 2.22. The normalized spacial score (nSPS) is 10.4. The van der Waals surface area contributed by atoms with Gasteiger partial charge in [-0.1, -0.05) is 36.4 Å². The van der Waals surface area contributed by atoms with Gasteiger partial charge in [0, 0.05) is 11.1 Å². The third-order valence-corrected chi connectivity index (χ3v) is 3.11. The SMILES string of the molecule is O=C(COC(=O)Cn1cnnn1)Nc1cccc2ccccc12. The van der Waals surface area contributed by atoms with Crippen LogP contribution in [0.25, 0.3) is 10.8 Å². The van der Waals surface area contributed by atoms with Crippen LogP contribution in [0.2, 0.25) is 0 Å². The fraction of sp³-hybridized carbons (Fsp3) is 0.133. The second kappa shape index (κ2) is 6.65. The van der Waals surface area contributed by atoms with E-state index in [1.807, 2.05) is 36.4 Å². The third-order valence-electron chi connectivity index (χ3n) is 3.11. The summed E-state index contributed by atoms with van der Waals surface area (Å²) in [7, 11) is 0. The molecule has 8 nitrogen and oxygen atoms in total. The predicted octanol–water partition coefficient (Wildman–Crippen LogP) is 1.01. The van der Waals surface area contributed by atoms with Crippen LogP contribution < -0.4 is 5.32 Å². The van der Waals surface area contributed by atoms with Crippen LogP contribution in [0.15, 0.2) is 48.8 Å². The average Bonchev–Trinajstić information content (AvgIpc) is 3.06. The van der Waals surface area contributed by atoms with Crippen molar-refractivity contribution in [2.24, 2.45) is 0 Å². The molecule has 116 valence electrons. The summed E-state index contributed by atoms with van der Waals surface area (Å²) >= 11 is 0. The predicted molar refractivity (Wildman–Crippen MR) is 81.4 cm³/mol. The minimum atomic E-state index is -0.592. The Morgan fingerprint density at radius 2 is 1.96 bits per heavy atom. The van der Waals surface area contributed by atoms with E-state index >= 15 is 0 Å². The molecule has 3 aromatic rings. The van der Waals surface area contributed by atoms with E-state index in [0.717, 1.165) is 10.8 Å². The number of fused-ring (bicyclic) bond motifs is 1. The number of benzene rings is 2. The molecule has 23 heavy (non-hydrogen) atoms. The fourth-order valence-electron chi connectivity index (χ4n) is 2.10. The van der Waals surface area contributed by atoms with Crippen LogP contribution in [-0.4, -0.2) is 38.7 Å². The topological polar surface area (TPSA) is 99.0 Å². The zero-order valence-electron chi connectivity index (χ0n) is 12.0. The smallest absolute Gasteiger partial charge is 0.328 e. The monoisotopic (exact) mass is 311 g/mol. The van der Waals surface area contributed by atoms with Gasteiger partial charge in [0.15, 0.2) is 6.61 Å². The average molecular weight is 311 g/mol. The van der Waals surface area contributed by atoms with Gasteiger partial charge >= 0.3 is 5.97 Å². The number of nitrogens with one attached hydrogen (secondary N) is 1. The van der Waals surface area contributed by atoms with Crippen molar-refractivity contribution >= 4 is 28.3 Å². The number of hydrogen-bond acceptors (Lipinski definition) is 6. The Hall–Kier alpha value is -3.29. The van der Waals surface area contributed by atoms with Gasteiger partial charge in [0.05, 0.1) is 0 Å². The Morgan fingerprint density at radius 1 is 1.13 bits per heavy atom. The molecular formula is C15H13N5O3. The van der Waals surface area contributed by atoms with E-state index in [0.29, 0.717) is 5.69 Å². The summed E-state index contributed by atoms with van der Waals surface area (Å²) in [6, 6.07) is 13.3. The van der Waals surface area contributed by atoms with Crippen molar-refractivity contribution in [1.82, 2.24) is 20.2 Å². The summed E-state index contributed by atoms with van der Waals surface area (Å²) in [5.74, 6) is -1.00. The van der Waals surface area contributed by atoms with Gasteiger partial charge in [-0.05, 0) is 21.9 Å². The molecule has 0 aliphatic carbocycles. The van der Waals surface area contributed by atoms with E-state index in [-0.39, 0.29) is 13.2 Å². The van der Waals surface area contributed by atoms with Crippen LogP contribution in [0.3, 0.4) is 0 Å². The number of carbonyl (C=O) groups excluding carboxylic acids is 2. The molecule has 0 bridgehead atoms. The number of anilines is 1. The minimum absolute atomic E-state index is 0.144. The quantitative estimate of drug-likeness (QED) is 0.706. The highest BCUT2D eigenvalue weighted by atomic mass is 16.5. The first-order valence-electron chi connectivity index (χ1n) is 6.86. The van der Waals surface area contributed by atoms with E-state index in [1.165, 1.54) is 11.0 Å². The van der Waals surface area contributed by atoms with E-state index in [2.05, 4.69) is 20.8 Å². The number of hydrogen-bond donors (Lipinski definition) is 1. The van der Waals surface area contributed by atoms with Crippen LogP contribution in [-0.2, 0) is 20.9 Å². The third kappa shape index (κ3) is 3.67. The van der Waals surface area contributed by atoms with Crippen molar-refractivity contribution in [3.05, 3.63) is 48.8 Å². The van der Waals surface area contributed by atoms with E-state index in [9.17, 15) is 9.59 Å². The van der Waals surface area contributed by atoms with Gasteiger partial charge in [-0.2, -0.15) is 0 Å². The largest absolute Gasteiger partial charge is 0.454 e.